The summed E-state index contributed by atoms with van der Waals surface area (Å²) in [6.45, 7) is 2.13. The highest BCUT2D eigenvalue weighted by molar-refractivity contribution is 5.75. The van der Waals surface area contributed by atoms with Crippen LogP contribution < -0.4 is 4.74 Å². The van der Waals surface area contributed by atoms with Gasteiger partial charge >= 0.3 is 6.11 Å². The Kier molecular flexibility index (Phi) is 9.27. The predicted molar refractivity (Wildman–Crippen MR) is 157 cm³/mol. The van der Waals surface area contributed by atoms with Crippen LogP contribution >= 0.6 is 0 Å². The van der Waals surface area contributed by atoms with Gasteiger partial charge in [0.05, 0.1) is 11.1 Å². The molecule has 0 spiro atoms. The number of hydrogen-bond acceptors (Lipinski definition) is 1. The van der Waals surface area contributed by atoms with E-state index in [-0.39, 0.29) is 11.1 Å². The highest BCUT2D eigenvalue weighted by Crippen LogP contribution is 2.38. The van der Waals surface area contributed by atoms with Crippen LogP contribution in [0, 0.1) is 34.9 Å². The molecule has 1 nitrogen and oxygen atoms in total. The van der Waals surface area contributed by atoms with Crippen molar-refractivity contribution in [3.63, 3.8) is 0 Å². The summed E-state index contributed by atoms with van der Waals surface area (Å²) in [6.07, 6.45) is -0.0496. The molecule has 5 rings (SSSR count). The molecule has 0 aromatic heterocycles. The third-order valence-electron chi connectivity index (χ3n) is 7.39. The summed E-state index contributed by atoms with van der Waals surface area (Å²) in [7, 11) is 0. The molecular weight excluding hydrogens is 600 g/mol. The Balaban J connectivity index is 1.37. The first kappa shape index (κ1) is 31.8. The van der Waals surface area contributed by atoms with Gasteiger partial charge in [-0.1, -0.05) is 62.2 Å². The largest absolute Gasteiger partial charge is 0.429 e. The maximum atomic E-state index is 15.2. The SMILES string of the molecule is CCCCCc1ccc(-c2ccc(-c3cc(F)c(-c4ccc(C(F)(F)Oc5ccc(F)c(F)c5)c(F)c4)c(F)c3)c(F)c2)cc1. The Morgan fingerprint density at radius 1 is 0.533 bits per heavy atom. The van der Waals surface area contributed by atoms with Gasteiger partial charge in [-0.05, 0) is 83.1 Å². The molecule has 0 amide bonds. The number of benzene rings is 5. The van der Waals surface area contributed by atoms with Gasteiger partial charge in [-0.3, -0.25) is 0 Å². The van der Waals surface area contributed by atoms with Gasteiger partial charge < -0.3 is 4.74 Å². The van der Waals surface area contributed by atoms with Gasteiger partial charge in [0.15, 0.2) is 11.6 Å². The van der Waals surface area contributed by atoms with Gasteiger partial charge in [0, 0.05) is 11.6 Å². The second kappa shape index (κ2) is 13.1. The fourth-order valence-corrected chi connectivity index (χ4v) is 5.03. The molecule has 0 saturated heterocycles. The van der Waals surface area contributed by atoms with E-state index in [2.05, 4.69) is 11.7 Å². The molecule has 0 unspecified atom stereocenters. The summed E-state index contributed by atoms with van der Waals surface area (Å²) in [5.41, 5.74) is -0.0910. The molecule has 0 aliphatic heterocycles. The highest BCUT2D eigenvalue weighted by atomic mass is 19.3. The van der Waals surface area contributed by atoms with E-state index in [0.717, 1.165) is 55.5 Å². The van der Waals surface area contributed by atoms with Crippen LogP contribution in [0.15, 0.2) is 91.0 Å². The molecule has 0 bridgehead atoms. The van der Waals surface area contributed by atoms with Crippen LogP contribution in [0.1, 0.15) is 37.3 Å². The second-order valence-corrected chi connectivity index (χ2v) is 10.6. The number of unbranched alkanes of at least 4 members (excludes halogenated alkanes) is 2. The summed E-state index contributed by atoms with van der Waals surface area (Å²) in [5, 5.41) is 0. The van der Waals surface area contributed by atoms with Crippen molar-refractivity contribution < 1.29 is 39.9 Å². The van der Waals surface area contributed by atoms with Crippen molar-refractivity contribution in [2.75, 3.05) is 0 Å². The molecule has 9 heteroatoms. The molecular formula is C36H26F8O. The van der Waals surface area contributed by atoms with E-state index in [0.29, 0.717) is 29.8 Å². The molecule has 0 atom stereocenters. The van der Waals surface area contributed by atoms with Crippen LogP contribution in [0.4, 0.5) is 35.1 Å². The van der Waals surface area contributed by atoms with E-state index in [1.807, 2.05) is 24.3 Å². The number of halogens is 8. The highest BCUT2D eigenvalue weighted by Gasteiger charge is 2.38. The number of ether oxygens (including phenoxy) is 1. The predicted octanol–water partition coefficient (Wildman–Crippen LogP) is 11.4. The number of alkyl halides is 2. The maximum Gasteiger partial charge on any atom is 0.429 e. The molecule has 0 saturated carbocycles. The van der Waals surface area contributed by atoms with E-state index >= 15 is 13.2 Å². The van der Waals surface area contributed by atoms with Crippen molar-refractivity contribution in [1.29, 1.82) is 0 Å². The monoisotopic (exact) mass is 626 g/mol. The summed E-state index contributed by atoms with van der Waals surface area (Å²) in [4.78, 5) is 0. The zero-order valence-corrected chi connectivity index (χ0v) is 23.9. The molecule has 0 heterocycles. The van der Waals surface area contributed by atoms with Gasteiger partial charge in [-0.15, -0.1) is 0 Å². The smallest absolute Gasteiger partial charge is 0.429 e. The summed E-state index contributed by atoms with van der Waals surface area (Å²) < 4.78 is 121. The summed E-state index contributed by atoms with van der Waals surface area (Å²) >= 11 is 0. The van der Waals surface area contributed by atoms with Gasteiger partial charge in [-0.25, -0.2) is 26.3 Å². The molecule has 5 aromatic carbocycles. The van der Waals surface area contributed by atoms with Crippen LogP contribution in [0.3, 0.4) is 0 Å². The second-order valence-electron chi connectivity index (χ2n) is 10.6. The quantitative estimate of drug-likeness (QED) is 0.111. The third kappa shape index (κ3) is 7.03. The lowest BCUT2D eigenvalue weighted by atomic mass is 9.95. The molecule has 0 radical (unpaired) electrons. The first-order valence-electron chi connectivity index (χ1n) is 14.2. The van der Waals surface area contributed by atoms with Crippen LogP contribution in [0.5, 0.6) is 5.75 Å². The van der Waals surface area contributed by atoms with E-state index in [1.54, 1.807) is 6.07 Å². The van der Waals surface area contributed by atoms with Crippen molar-refractivity contribution in [3.8, 4) is 39.1 Å². The molecule has 232 valence electrons. The standard InChI is InChI=1S/C36H26F8O/c1-2-3-4-5-21-6-8-22(9-7-21)23-10-13-27(30(38)16-23)25-18-33(41)35(34(42)19-25)24-11-14-28(31(39)17-24)36(43,44)45-26-12-15-29(37)32(40)20-26/h6-20H,2-5H2,1H3. The molecule has 0 fully saturated rings. The topological polar surface area (TPSA) is 9.23 Å². The lowest BCUT2D eigenvalue weighted by molar-refractivity contribution is -0.187. The Bertz CT molecular complexity index is 1810. The minimum atomic E-state index is -4.34. The number of rotatable bonds is 10. The first-order valence-corrected chi connectivity index (χ1v) is 14.2. The molecule has 0 N–H and O–H groups in total. The van der Waals surface area contributed by atoms with Crippen molar-refractivity contribution in [1.82, 2.24) is 0 Å². The molecule has 0 aliphatic rings. The van der Waals surface area contributed by atoms with E-state index in [4.69, 9.17) is 0 Å². The zero-order chi connectivity index (χ0) is 32.3. The van der Waals surface area contributed by atoms with Gasteiger partial charge in [0.1, 0.15) is 29.0 Å². The summed E-state index contributed by atoms with van der Waals surface area (Å²) in [5.74, 6) is -8.16. The summed E-state index contributed by atoms with van der Waals surface area (Å²) in [6, 6.07) is 17.3. The van der Waals surface area contributed by atoms with E-state index in [9.17, 15) is 22.0 Å². The maximum absolute atomic E-state index is 15.2. The number of aryl methyl sites for hydroxylation is 1. The van der Waals surface area contributed by atoms with Crippen LogP contribution in [0.2, 0.25) is 0 Å². The zero-order valence-electron chi connectivity index (χ0n) is 23.9. The van der Waals surface area contributed by atoms with Crippen molar-refractivity contribution in [2.45, 2.75) is 38.7 Å². The Hall–Kier alpha value is -4.66. The van der Waals surface area contributed by atoms with Crippen LogP contribution in [0.25, 0.3) is 33.4 Å². The van der Waals surface area contributed by atoms with E-state index in [1.165, 1.54) is 17.7 Å². The van der Waals surface area contributed by atoms with Crippen molar-refractivity contribution in [3.05, 3.63) is 137 Å². The Morgan fingerprint density at radius 3 is 1.78 bits per heavy atom. The first-order chi connectivity index (χ1) is 21.5. The van der Waals surface area contributed by atoms with Crippen LogP contribution in [-0.4, -0.2) is 0 Å². The van der Waals surface area contributed by atoms with Gasteiger partial charge in [0.25, 0.3) is 0 Å². The van der Waals surface area contributed by atoms with Gasteiger partial charge in [0.2, 0.25) is 0 Å². The Labute approximate surface area is 254 Å². The minimum absolute atomic E-state index is 0.0742. The normalized spacial score (nSPS) is 11.6. The third-order valence-corrected chi connectivity index (χ3v) is 7.39. The molecule has 45 heavy (non-hydrogen) atoms. The molecule has 5 aromatic rings. The lowest BCUT2D eigenvalue weighted by Crippen LogP contribution is -2.23. The lowest BCUT2D eigenvalue weighted by Gasteiger charge is -2.19. The fourth-order valence-electron chi connectivity index (χ4n) is 5.03. The van der Waals surface area contributed by atoms with Crippen molar-refractivity contribution >= 4 is 0 Å². The fraction of sp³-hybridized carbons (Fsp3) is 0.167. The average molecular weight is 627 g/mol. The van der Waals surface area contributed by atoms with E-state index < -0.39 is 63.5 Å². The Morgan fingerprint density at radius 2 is 1.16 bits per heavy atom. The number of hydrogen-bond donors (Lipinski definition) is 0. The minimum Gasteiger partial charge on any atom is -0.429 e. The molecule has 0 aliphatic carbocycles. The van der Waals surface area contributed by atoms with Gasteiger partial charge in [-0.2, -0.15) is 8.78 Å². The van der Waals surface area contributed by atoms with Crippen LogP contribution in [-0.2, 0) is 12.5 Å². The average Bonchev–Trinajstić information content (AvgIpc) is 2.99. The van der Waals surface area contributed by atoms with Crippen molar-refractivity contribution in [2.24, 2.45) is 0 Å².